The summed E-state index contributed by atoms with van der Waals surface area (Å²) in [6, 6.07) is 12.9. The van der Waals surface area contributed by atoms with E-state index in [2.05, 4.69) is 0 Å². The number of aromatic hydroxyl groups is 1. The first kappa shape index (κ1) is 23.6. The van der Waals surface area contributed by atoms with Crippen LogP contribution >= 0.6 is 11.3 Å². The number of nitrogens with zero attached hydrogens (tertiary/aromatic N) is 1. The van der Waals surface area contributed by atoms with Crippen molar-refractivity contribution in [3.8, 4) is 11.5 Å². The Morgan fingerprint density at radius 3 is 2.56 bits per heavy atom. The van der Waals surface area contributed by atoms with Gasteiger partial charge in [0.2, 0.25) is 0 Å². The molecule has 1 atom stereocenters. The standard InChI is InChI=1S/C27H27NO5S/c1-5-33-21-11-9-17(14-18(21)15(2)3)25(30)23-24(22-7-6-12-34-22)28(27(32)26(23)31)19-13-16(4)8-10-20(19)29/h6-15,24,29-30H,5H2,1-4H3/b25-23-. The first-order valence-corrected chi connectivity index (χ1v) is 12.0. The first-order valence-electron chi connectivity index (χ1n) is 11.2. The SMILES string of the molecule is CCOc1ccc(/C(O)=C2/C(=O)C(=O)N(c3cc(C)ccc3O)C2c2cccs2)cc1C(C)C. The number of aliphatic hydroxyl groups is 1. The second kappa shape index (κ2) is 9.35. The summed E-state index contributed by atoms with van der Waals surface area (Å²) in [5.74, 6) is -1.12. The normalized spacial score (nSPS) is 17.6. The molecule has 4 rings (SSSR count). The molecule has 2 heterocycles. The summed E-state index contributed by atoms with van der Waals surface area (Å²) in [4.78, 5) is 28.5. The molecule has 1 aromatic heterocycles. The molecule has 176 valence electrons. The number of rotatable bonds is 6. The molecule has 7 heteroatoms. The Labute approximate surface area is 202 Å². The van der Waals surface area contributed by atoms with Crippen LogP contribution in [0.3, 0.4) is 0 Å². The van der Waals surface area contributed by atoms with E-state index in [4.69, 9.17) is 4.74 Å². The smallest absolute Gasteiger partial charge is 0.300 e. The lowest BCUT2D eigenvalue weighted by molar-refractivity contribution is -0.132. The second-order valence-corrected chi connectivity index (χ2v) is 9.50. The fraction of sp³-hybridized carbons (Fsp3) is 0.259. The summed E-state index contributed by atoms with van der Waals surface area (Å²) in [5.41, 5.74) is 2.37. The lowest BCUT2D eigenvalue weighted by Crippen LogP contribution is -2.29. The number of anilines is 1. The molecule has 1 amide bonds. The highest BCUT2D eigenvalue weighted by Gasteiger charge is 2.48. The molecule has 6 nitrogen and oxygen atoms in total. The van der Waals surface area contributed by atoms with Crippen molar-refractivity contribution in [3.63, 3.8) is 0 Å². The Hall–Kier alpha value is -3.58. The van der Waals surface area contributed by atoms with Crippen LogP contribution in [0.5, 0.6) is 11.5 Å². The minimum Gasteiger partial charge on any atom is -0.507 e. The van der Waals surface area contributed by atoms with Crippen molar-refractivity contribution < 1.29 is 24.5 Å². The van der Waals surface area contributed by atoms with Crippen LogP contribution in [0.15, 0.2) is 59.5 Å². The predicted octanol–water partition coefficient (Wildman–Crippen LogP) is 5.91. The Balaban J connectivity index is 1.93. The number of aliphatic hydroxyl groups excluding tert-OH is 1. The number of Topliss-reactive ketones (excluding diaryl/α,β-unsaturated/α-hetero) is 1. The highest BCUT2D eigenvalue weighted by molar-refractivity contribution is 7.10. The van der Waals surface area contributed by atoms with Crippen molar-refractivity contribution in [2.75, 3.05) is 11.5 Å². The Kier molecular flexibility index (Phi) is 6.48. The van der Waals surface area contributed by atoms with E-state index in [0.29, 0.717) is 22.8 Å². The van der Waals surface area contributed by atoms with E-state index in [-0.39, 0.29) is 28.7 Å². The van der Waals surface area contributed by atoms with Gasteiger partial charge < -0.3 is 14.9 Å². The molecule has 0 spiro atoms. The minimum atomic E-state index is -0.859. The van der Waals surface area contributed by atoms with E-state index in [1.807, 2.05) is 45.2 Å². The van der Waals surface area contributed by atoms with E-state index >= 15 is 0 Å². The number of hydrogen-bond donors (Lipinski definition) is 2. The molecule has 0 radical (unpaired) electrons. The van der Waals surface area contributed by atoms with Gasteiger partial charge in [-0.05, 0) is 72.7 Å². The second-order valence-electron chi connectivity index (χ2n) is 8.52. The third-order valence-electron chi connectivity index (χ3n) is 5.85. The first-order chi connectivity index (χ1) is 16.2. The van der Waals surface area contributed by atoms with E-state index in [1.165, 1.54) is 22.3 Å². The number of phenols is 1. The lowest BCUT2D eigenvalue weighted by atomic mass is 9.95. The van der Waals surface area contributed by atoms with Gasteiger partial charge in [0.15, 0.2) is 0 Å². The summed E-state index contributed by atoms with van der Waals surface area (Å²) >= 11 is 1.37. The monoisotopic (exact) mass is 477 g/mol. The van der Waals surface area contributed by atoms with Crippen molar-refractivity contribution in [2.45, 2.75) is 39.7 Å². The number of carbonyl (C=O) groups is 2. The summed E-state index contributed by atoms with van der Waals surface area (Å²) in [5, 5.41) is 23.8. The van der Waals surface area contributed by atoms with Crippen LogP contribution in [0, 0.1) is 6.92 Å². The Morgan fingerprint density at radius 1 is 1.15 bits per heavy atom. The molecule has 34 heavy (non-hydrogen) atoms. The van der Waals surface area contributed by atoms with E-state index in [1.54, 1.807) is 30.3 Å². The number of ketones is 1. The van der Waals surface area contributed by atoms with Gasteiger partial charge in [0.1, 0.15) is 23.3 Å². The number of thiophene rings is 1. The third kappa shape index (κ3) is 4.07. The van der Waals surface area contributed by atoms with Crippen molar-refractivity contribution in [2.24, 2.45) is 0 Å². The van der Waals surface area contributed by atoms with Crippen molar-refractivity contribution in [1.82, 2.24) is 0 Å². The number of hydrogen-bond acceptors (Lipinski definition) is 6. The van der Waals surface area contributed by atoms with Crippen molar-refractivity contribution >= 4 is 34.5 Å². The maximum absolute atomic E-state index is 13.3. The Morgan fingerprint density at radius 2 is 1.91 bits per heavy atom. The minimum absolute atomic E-state index is 0.00720. The number of phenolic OH excluding ortho intramolecular Hbond substituents is 1. The van der Waals surface area contributed by atoms with Crippen molar-refractivity contribution in [1.29, 1.82) is 0 Å². The van der Waals surface area contributed by atoms with Crippen LogP contribution in [-0.2, 0) is 9.59 Å². The van der Waals surface area contributed by atoms with Gasteiger partial charge >= 0.3 is 0 Å². The van der Waals surface area contributed by atoms with E-state index in [0.717, 1.165) is 11.1 Å². The van der Waals surface area contributed by atoms with Crippen LogP contribution < -0.4 is 9.64 Å². The molecular weight excluding hydrogens is 450 g/mol. The molecule has 1 saturated heterocycles. The number of amides is 1. The van der Waals surface area contributed by atoms with Gasteiger partial charge in [-0.15, -0.1) is 11.3 Å². The fourth-order valence-corrected chi connectivity index (χ4v) is 5.04. The number of carbonyl (C=O) groups excluding carboxylic acids is 2. The van der Waals surface area contributed by atoms with Gasteiger partial charge in [0.05, 0.1) is 17.9 Å². The molecule has 2 N–H and O–H groups in total. The highest BCUT2D eigenvalue weighted by Crippen LogP contribution is 2.46. The Bertz CT molecular complexity index is 1280. The molecule has 0 bridgehead atoms. The van der Waals surface area contributed by atoms with Crippen LogP contribution in [0.4, 0.5) is 5.69 Å². The lowest BCUT2D eigenvalue weighted by Gasteiger charge is -2.25. The van der Waals surface area contributed by atoms with Crippen LogP contribution in [0.25, 0.3) is 5.76 Å². The molecule has 2 aromatic carbocycles. The summed E-state index contributed by atoms with van der Waals surface area (Å²) in [7, 11) is 0. The van der Waals surface area contributed by atoms with E-state index in [9.17, 15) is 19.8 Å². The fourth-order valence-electron chi connectivity index (χ4n) is 4.21. The molecular formula is C27H27NO5S. The molecule has 1 aliphatic rings. The molecule has 0 aliphatic carbocycles. The van der Waals surface area contributed by atoms with Crippen LogP contribution in [0.2, 0.25) is 0 Å². The molecule has 1 unspecified atom stereocenters. The van der Waals surface area contributed by atoms with Crippen LogP contribution in [-0.4, -0.2) is 28.5 Å². The molecule has 1 aliphatic heterocycles. The quantitative estimate of drug-likeness (QED) is 0.262. The zero-order valence-electron chi connectivity index (χ0n) is 19.5. The topological polar surface area (TPSA) is 87.1 Å². The third-order valence-corrected chi connectivity index (χ3v) is 6.78. The zero-order valence-corrected chi connectivity index (χ0v) is 20.3. The number of benzene rings is 2. The summed E-state index contributed by atoms with van der Waals surface area (Å²) in [6.07, 6.45) is 0. The number of aryl methyl sites for hydroxylation is 1. The molecule has 1 fully saturated rings. The largest absolute Gasteiger partial charge is 0.507 e. The van der Waals surface area contributed by atoms with Gasteiger partial charge in [-0.2, -0.15) is 0 Å². The van der Waals surface area contributed by atoms with Crippen molar-refractivity contribution in [3.05, 3.63) is 81.1 Å². The van der Waals surface area contributed by atoms with Crippen LogP contribution in [0.1, 0.15) is 54.3 Å². The van der Waals surface area contributed by atoms with Gasteiger partial charge in [0, 0.05) is 10.4 Å². The average molecular weight is 478 g/mol. The molecule has 3 aromatic rings. The number of ether oxygens (including phenoxy) is 1. The average Bonchev–Trinajstić information content (AvgIpc) is 3.42. The maximum atomic E-state index is 13.3. The van der Waals surface area contributed by atoms with Gasteiger partial charge in [0.25, 0.3) is 11.7 Å². The van der Waals surface area contributed by atoms with Gasteiger partial charge in [-0.3, -0.25) is 14.5 Å². The maximum Gasteiger partial charge on any atom is 0.300 e. The summed E-state index contributed by atoms with van der Waals surface area (Å²) in [6.45, 7) is 8.29. The van der Waals surface area contributed by atoms with Gasteiger partial charge in [-0.25, -0.2) is 0 Å². The zero-order chi connectivity index (χ0) is 24.6. The van der Waals surface area contributed by atoms with Gasteiger partial charge in [-0.1, -0.05) is 26.0 Å². The highest BCUT2D eigenvalue weighted by atomic mass is 32.1. The predicted molar refractivity (Wildman–Crippen MR) is 134 cm³/mol. The summed E-state index contributed by atoms with van der Waals surface area (Å²) < 4.78 is 5.72. The molecule has 0 saturated carbocycles. The van der Waals surface area contributed by atoms with E-state index < -0.39 is 17.7 Å².